The van der Waals surface area contributed by atoms with Gasteiger partial charge in [-0.3, -0.25) is 9.97 Å². The number of para-hydroxylation sites is 1. The van der Waals surface area contributed by atoms with Crippen LogP contribution in [0.5, 0.6) is 0 Å². The van der Waals surface area contributed by atoms with Crippen molar-refractivity contribution >= 4 is 21.7 Å². The Kier molecular flexibility index (Phi) is 5.62. The average Bonchev–Trinajstić information content (AvgIpc) is 2.67. The van der Waals surface area contributed by atoms with E-state index in [1.54, 1.807) is 0 Å². The summed E-state index contributed by atoms with van der Waals surface area (Å²) in [4.78, 5) is 8.98. The molecule has 2 heteroatoms. The third kappa shape index (κ3) is 4.26. The number of hydrogen-bond donors (Lipinski definition) is 0. The van der Waals surface area contributed by atoms with Gasteiger partial charge in [-0.25, -0.2) is 0 Å². The van der Waals surface area contributed by atoms with Crippen molar-refractivity contribution in [1.29, 1.82) is 0 Å². The van der Waals surface area contributed by atoms with E-state index in [0.717, 1.165) is 5.52 Å². The van der Waals surface area contributed by atoms with Crippen molar-refractivity contribution in [3.63, 3.8) is 0 Å². The highest BCUT2D eigenvalue weighted by Crippen LogP contribution is 2.18. The Morgan fingerprint density at radius 2 is 1.23 bits per heavy atom. The Hall–Kier alpha value is -2.74. The SMILES string of the molecule is CC(C)c1cc2ccccc2cn1.CC(C)c1ccc2ccccc2n1. The van der Waals surface area contributed by atoms with Crippen molar-refractivity contribution in [2.45, 2.75) is 39.5 Å². The van der Waals surface area contributed by atoms with Crippen LogP contribution in [0.3, 0.4) is 0 Å². The third-order valence-electron chi connectivity index (χ3n) is 4.46. The van der Waals surface area contributed by atoms with Crippen LogP contribution in [0.1, 0.15) is 50.9 Å². The molecular formula is C24H26N2. The van der Waals surface area contributed by atoms with Crippen LogP contribution in [-0.4, -0.2) is 9.97 Å². The summed E-state index contributed by atoms with van der Waals surface area (Å²) in [7, 11) is 0. The molecule has 0 aliphatic heterocycles. The van der Waals surface area contributed by atoms with Crippen molar-refractivity contribution in [2.24, 2.45) is 0 Å². The van der Waals surface area contributed by atoms with Crippen LogP contribution in [0.4, 0.5) is 0 Å². The highest BCUT2D eigenvalue weighted by Gasteiger charge is 2.01. The molecule has 0 atom stereocenters. The van der Waals surface area contributed by atoms with Gasteiger partial charge in [-0.2, -0.15) is 0 Å². The number of pyridine rings is 2. The third-order valence-corrected chi connectivity index (χ3v) is 4.46. The van der Waals surface area contributed by atoms with Crippen LogP contribution < -0.4 is 0 Å². The Labute approximate surface area is 155 Å². The molecule has 2 nitrogen and oxygen atoms in total. The number of fused-ring (bicyclic) bond motifs is 2. The molecule has 0 unspecified atom stereocenters. The zero-order valence-electron chi connectivity index (χ0n) is 16.0. The second-order valence-corrected chi connectivity index (χ2v) is 7.19. The molecule has 0 bridgehead atoms. The van der Waals surface area contributed by atoms with E-state index in [4.69, 9.17) is 0 Å². The molecule has 0 saturated carbocycles. The average molecular weight is 342 g/mol. The molecule has 2 aromatic carbocycles. The van der Waals surface area contributed by atoms with E-state index in [9.17, 15) is 0 Å². The Bertz CT molecular complexity index is 920. The van der Waals surface area contributed by atoms with Gasteiger partial charge in [0.1, 0.15) is 0 Å². The van der Waals surface area contributed by atoms with E-state index >= 15 is 0 Å². The molecule has 132 valence electrons. The van der Waals surface area contributed by atoms with Crippen molar-refractivity contribution < 1.29 is 0 Å². The van der Waals surface area contributed by atoms with Gasteiger partial charge in [0, 0.05) is 28.4 Å². The minimum absolute atomic E-state index is 0.504. The molecule has 0 fully saturated rings. The maximum Gasteiger partial charge on any atom is 0.0705 e. The van der Waals surface area contributed by atoms with Crippen LogP contribution in [0, 0.1) is 0 Å². The van der Waals surface area contributed by atoms with Gasteiger partial charge in [0.15, 0.2) is 0 Å². The number of benzene rings is 2. The first-order chi connectivity index (χ1) is 12.5. The van der Waals surface area contributed by atoms with E-state index in [1.165, 1.54) is 27.5 Å². The molecule has 0 N–H and O–H groups in total. The van der Waals surface area contributed by atoms with Gasteiger partial charge in [-0.05, 0) is 35.4 Å². The van der Waals surface area contributed by atoms with Crippen LogP contribution in [-0.2, 0) is 0 Å². The topological polar surface area (TPSA) is 25.8 Å². The molecule has 26 heavy (non-hydrogen) atoms. The maximum atomic E-state index is 4.57. The molecule has 0 aliphatic rings. The predicted octanol–water partition coefficient (Wildman–Crippen LogP) is 6.72. The van der Waals surface area contributed by atoms with Crippen molar-refractivity contribution in [3.05, 3.63) is 84.3 Å². The van der Waals surface area contributed by atoms with Gasteiger partial charge in [0.05, 0.1) is 5.52 Å². The number of nitrogens with zero attached hydrogens (tertiary/aromatic N) is 2. The smallest absolute Gasteiger partial charge is 0.0705 e. The molecule has 0 aliphatic carbocycles. The van der Waals surface area contributed by atoms with Gasteiger partial charge < -0.3 is 0 Å². The Balaban J connectivity index is 0.000000151. The number of rotatable bonds is 2. The minimum atomic E-state index is 0.504. The monoisotopic (exact) mass is 342 g/mol. The van der Waals surface area contributed by atoms with Crippen molar-refractivity contribution in [1.82, 2.24) is 9.97 Å². The fourth-order valence-electron chi connectivity index (χ4n) is 2.82. The van der Waals surface area contributed by atoms with E-state index in [2.05, 4.69) is 86.2 Å². The molecule has 0 radical (unpaired) electrons. The van der Waals surface area contributed by atoms with Crippen LogP contribution in [0.2, 0.25) is 0 Å². The number of aromatic nitrogens is 2. The van der Waals surface area contributed by atoms with E-state index in [-0.39, 0.29) is 0 Å². The zero-order valence-corrected chi connectivity index (χ0v) is 16.0. The van der Waals surface area contributed by atoms with E-state index in [0.29, 0.717) is 11.8 Å². The lowest BCUT2D eigenvalue weighted by atomic mass is 10.1. The first-order valence-corrected chi connectivity index (χ1v) is 9.25. The lowest BCUT2D eigenvalue weighted by Gasteiger charge is -2.04. The summed E-state index contributed by atoms with van der Waals surface area (Å²) in [5, 5.41) is 3.71. The highest BCUT2D eigenvalue weighted by atomic mass is 14.7. The molecule has 0 amide bonds. The summed E-state index contributed by atoms with van der Waals surface area (Å²) in [6, 6.07) is 22.9. The lowest BCUT2D eigenvalue weighted by molar-refractivity contribution is 0.826. The minimum Gasteiger partial charge on any atom is -0.260 e. The molecule has 2 heterocycles. The fourth-order valence-corrected chi connectivity index (χ4v) is 2.82. The largest absolute Gasteiger partial charge is 0.260 e. The fraction of sp³-hybridized carbons (Fsp3) is 0.250. The molecule has 2 aromatic heterocycles. The summed E-state index contributed by atoms with van der Waals surface area (Å²) >= 11 is 0. The predicted molar refractivity (Wildman–Crippen MR) is 112 cm³/mol. The van der Waals surface area contributed by atoms with Crippen LogP contribution >= 0.6 is 0 Å². The van der Waals surface area contributed by atoms with E-state index < -0.39 is 0 Å². The van der Waals surface area contributed by atoms with E-state index in [1.807, 2.05) is 24.4 Å². The second kappa shape index (κ2) is 8.09. The summed E-state index contributed by atoms with van der Waals surface area (Å²) in [6.07, 6.45) is 1.95. The summed E-state index contributed by atoms with van der Waals surface area (Å²) < 4.78 is 0. The normalized spacial score (nSPS) is 11.0. The standard InChI is InChI=1S/2C12H13N/c1-9(2)12-7-10-5-3-4-6-11(10)8-13-12;1-9(2)11-8-7-10-5-3-4-6-12(10)13-11/h2*3-9H,1-2H3. The maximum absolute atomic E-state index is 4.57. The second-order valence-electron chi connectivity index (χ2n) is 7.19. The van der Waals surface area contributed by atoms with Crippen LogP contribution in [0.15, 0.2) is 72.9 Å². The molecule has 4 rings (SSSR count). The Morgan fingerprint density at radius 3 is 1.92 bits per heavy atom. The molecule has 0 spiro atoms. The van der Waals surface area contributed by atoms with Crippen molar-refractivity contribution in [3.8, 4) is 0 Å². The quantitative estimate of drug-likeness (QED) is 0.404. The van der Waals surface area contributed by atoms with Gasteiger partial charge in [-0.1, -0.05) is 76.2 Å². The summed E-state index contributed by atoms with van der Waals surface area (Å²) in [5.41, 5.74) is 3.42. The summed E-state index contributed by atoms with van der Waals surface area (Å²) in [5.74, 6) is 1.01. The number of hydrogen-bond acceptors (Lipinski definition) is 2. The highest BCUT2D eigenvalue weighted by molar-refractivity contribution is 5.81. The van der Waals surface area contributed by atoms with Crippen LogP contribution in [0.25, 0.3) is 21.7 Å². The van der Waals surface area contributed by atoms with Gasteiger partial charge in [-0.15, -0.1) is 0 Å². The molecular weight excluding hydrogens is 316 g/mol. The Morgan fingerprint density at radius 1 is 0.615 bits per heavy atom. The van der Waals surface area contributed by atoms with Gasteiger partial charge in [0.2, 0.25) is 0 Å². The first kappa shape index (κ1) is 18.1. The first-order valence-electron chi connectivity index (χ1n) is 9.25. The van der Waals surface area contributed by atoms with Crippen molar-refractivity contribution in [2.75, 3.05) is 0 Å². The lowest BCUT2D eigenvalue weighted by Crippen LogP contribution is -1.91. The molecule has 0 saturated heterocycles. The zero-order chi connectivity index (χ0) is 18.5. The van der Waals surface area contributed by atoms with Gasteiger partial charge >= 0.3 is 0 Å². The summed E-state index contributed by atoms with van der Waals surface area (Å²) in [6.45, 7) is 8.66. The molecule has 4 aromatic rings. The van der Waals surface area contributed by atoms with Gasteiger partial charge in [0.25, 0.3) is 0 Å².